The van der Waals surface area contributed by atoms with Gasteiger partial charge in [-0.1, -0.05) is 32.1 Å². The number of aromatic nitrogens is 2. The molecule has 0 aliphatic rings. The summed E-state index contributed by atoms with van der Waals surface area (Å²) in [5, 5.41) is 8.63. The molecule has 0 saturated heterocycles. The molecular weight excluding hydrogens is 482 g/mol. The van der Waals surface area contributed by atoms with Crippen LogP contribution in [0, 0.1) is 0 Å². The first-order valence-corrected chi connectivity index (χ1v) is 12.7. The van der Waals surface area contributed by atoms with Crippen molar-refractivity contribution in [3.05, 3.63) is 92.9 Å². The van der Waals surface area contributed by atoms with Crippen molar-refractivity contribution in [2.24, 2.45) is 5.14 Å². The van der Waals surface area contributed by atoms with E-state index in [0.717, 1.165) is 12.8 Å². The van der Waals surface area contributed by atoms with Crippen molar-refractivity contribution in [2.75, 3.05) is 6.61 Å². The molecule has 10 heteroatoms. The van der Waals surface area contributed by atoms with Crippen LogP contribution in [0.2, 0.25) is 0 Å². The summed E-state index contributed by atoms with van der Waals surface area (Å²) in [6.07, 6.45) is 3.30. The molecule has 9 nitrogen and oxygen atoms in total. The second kappa shape index (κ2) is 10.2. The van der Waals surface area contributed by atoms with Gasteiger partial charge in [-0.15, -0.1) is 0 Å². The summed E-state index contributed by atoms with van der Waals surface area (Å²) in [6.45, 7) is 6.28. The summed E-state index contributed by atoms with van der Waals surface area (Å²) in [7, 11) is -3.84. The minimum Gasteiger partial charge on any atom is -0.462 e. The van der Waals surface area contributed by atoms with Gasteiger partial charge in [0.25, 0.3) is 5.56 Å². The molecule has 4 rings (SSSR count). The minimum atomic E-state index is -3.84. The van der Waals surface area contributed by atoms with Crippen LogP contribution in [0.4, 0.5) is 0 Å². The average molecular weight is 508 g/mol. The zero-order chi connectivity index (χ0) is 25.9. The van der Waals surface area contributed by atoms with E-state index in [1.54, 1.807) is 36.4 Å². The molecule has 0 bridgehead atoms. The number of nitrogens with one attached hydrogen (secondary N) is 1. The zero-order valence-electron chi connectivity index (χ0n) is 19.6. The summed E-state index contributed by atoms with van der Waals surface area (Å²) < 4.78 is 35.4. The van der Waals surface area contributed by atoms with Gasteiger partial charge in [-0.05, 0) is 61.0 Å². The molecule has 0 radical (unpaired) electrons. The maximum atomic E-state index is 13.0. The Morgan fingerprint density at radius 2 is 1.92 bits per heavy atom. The number of sulfonamides is 1. The van der Waals surface area contributed by atoms with E-state index in [1.165, 1.54) is 28.9 Å². The van der Waals surface area contributed by atoms with E-state index < -0.39 is 21.6 Å². The Balaban J connectivity index is 1.62. The third kappa shape index (κ3) is 5.40. The Labute approximate surface area is 207 Å². The summed E-state index contributed by atoms with van der Waals surface area (Å²) in [6, 6.07) is 15.9. The highest BCUT2D eigenvalue weighted by Gasteiger charge is 2.12. The fraction of sp³-hybridized carbons (Fsp3) is 0.154. The predicted octanol–water partition coefficient (Wildman–Crippen LogP) is 2.27. The summed E-state index contributed by atoms with van der Waals surface area (Å²) >= 11 is 0. The SMILES string of the molecule is C=c1[nH]n(-c2ccc(S(N)(=O)=O)cc2)c(=O)/c1=C\c1ccc(-c2cccc(C(=O)OCCCC)c2)o1. The Morgan fingerprint density at radius 1 is 1.17 bits per heavy atom. The predicted molar refractivity (Wildman–Crippen MR) is 135 cm³/mol. The topological polar surface area (TPSA) is 137 Å². The van der Waals surface area contributed by atoms with Gasteiger partial charge in [0.1, 0.15) is 11.5 Å². The number of aromatic amines is 1. The molecule has 0 amide bonds. The van der Waals surface area contributed by atoms with Crippen LogP contribution in [-0.4, -0.2) is 30.8 Å². The Bertz CT molecular complexity index is 1680. The van der Waals surface area contributed by atoms with E-state index in [4.69, 9.17) is 14.3 Å². The van der Waals surface area contributed by atoms with Gasteiger partial charge in [-0.3, -0.25) is 9.89 Å². The highest BCUT2D eigenvalue weighted by atomic mass is 32.2. The van der Waals surface area contributed by atoms with Crippen LogP contribution in [0.15, 0.2) is 74.8 Å². The normalized spacial score (nSPS) is 12.1. The molecule has 36 heavy (non-hydrogen) atoms. The van der Waals surface area contributed by atoms with Crippen molar-refractivity contribution >= 4 is 28.6 Å². The van der Waals surface area contributed by atoms with E-state index in [-0.39, 0.29) is 10.1 Å². The van der Waals surface area contributed by atoms with E-state index in [2.05, 4.69) is 11.7 Å². The molecule has 0 unspecified atom stereocenters. The van der Waals surface area contributed by atoms with Crippen LogP contribution in [0.1, 0.15) is 35.9 Å². The van der Waals surface area contributed by atoms with Crippen LogP contribution in [-0.2, 0) is 14.8 Å². The molecule has 0 aliphatic carbocycles. The van der Waals surface area contributed by atoms with Gasteiger partial charge >= 0.3 is 5.97 Å². The third-order valence-corrected chi connectivity index (χ3v) is 6.39. The summed E-state index contributed by atoms with van der Waals surface area (Å²) in [5.41, 5.74) is 1.14. The van der Waals surface area contributed by atoms with Crippen LogP contribution >= 0.6 is 0 Å². The molecule has 186 valence electrons. The quantitative estimate of drug-likeness (QED) is 0.277. The fourth-order valence-electron chi connectivity index (χ4n) is 3.53. The number of ether oxygens (including phenoxy) is 1. The van der Waals surface area contributed by atoms with Crippen molar-refractivity contribution in [1.82, 2.24) is 9.78 Å². The van der Waals surface area contributed by atoms with Crippen LogP contribution in [0.5, 0.6) is 0 Å². The smallest absolute Gasteiger partial charge is 0.338 e. The molecular formula is C26H25N3O6S. The Kier molecular flexibility index (Phi) is 7.09. The molecule has 0 saturated carbocycles. The van der Waals surface area contributed by atoms with Gasteiger partial charge in [-0.25, -0.2) is 23.0 Å². The van der Waals surface area contributed by atoms with Gasteiger partial charge in [0, 0.05) is 5.56 Å². The largest absolute Gasteiger partial charge is 0.462 e. The fourth-order valence-corrected chi connectivity index (χ4v) is 4.05. The maximum absolute atomic E-state index is 13.0. The average Bonchev–Trinajstić information content (AvgIpc) is 3.44. The number of furan rings is 1. The second-order valence-corrected chi connectivity index (χ2v) is 9.66. The standard InChI is InChI=1S/C26H25N3O6S/c1-3-4-14-34-26(31)19-7-5-6-18(15-19)24-13-10-21(35-24)16-23-17(2)28-29(25(23)30)20-8-11-22(12-9-20)36(27,32)33/h5-13,15-16,28H,2-4,14H2,1H3,(H2,27,32,33)/b23-16-. The lowest BCUT2D eigenvalue weighted by atomic mass is 10.1. The minimum absolute atomic E-state index is 0.0612. The molecule has 2 aromatic heterocycles. The van der Waals surface area contributed by atoms with Crippen molar-refractivity contribution in [3.8, 4) is 17.0 Å². The van der Waals surface area contributed by atoms with Gasteiger partial charge in [0.2, 0.25) is 10.0 Å². The van der Waals surface area contributed by atoms with Crippen LogP contribution in [0.25, 0.3) is 29.7 Å². The Hall–Kier alpha value is -4.15. The number of rotatable bonds is 8. The first-order valence-electron chi connectivity index (χ1n) is 11.2. The molecule has 0 spiro atoms. The summed E-state index contributed by atoms with van der Waals surface area (Å²) in [4.78, 5) is 25.2. The molecule has 0 aliphatic heterocycles. The number of hydrogen-bond acceptors (Lipinski definition) is 6. The number of unbranched alkanes of at least 4 members (excludes halogenated alkanes) is 1. The first-order chi connectivity index (χ1) is 17.2. The molecule has 0 fully saturated rings. The number of hydrogen-bond donors (Lipinski definition) is 2. The lowest BCUT2D eigenvalue weighted by Gasteiger charge is -2.05. The van der Waals surface area contributed by atoms with E-state index in [9.17, 15) is 18.0 Å². The van der Waals surface area contributed by atoms with Gasteiger partial charge in [-0.2, -0.15) is 0 Å². The van der Waals surface area contributed by atoms with Gasteiger partial charge in [0.05, 0.1) is 33.3 Å². The van der Waals surface area contributed by atoms with Crippen LogP contribution in [0.3, 0.4) is 0 Å². The third-order valence-electron chi connectivity index (χ3n) is 5.46. The summed E-state index contributed by atoms with van der Waals surface area (Å²) in [5.74, 6) is 0.540. The molecule has 4 aromatic rings. The molecule has 0 atom stereocenters. The number of nitrogens with zero attached hydrogens (tertiary/aromatic N) is 1. The van der Waals surface area contributed by atoms with Crippen molar-refractivity contribution in [2.45, 2.75) is 24.7 Å². The number of nitrogens with two attached hydrogens (primary N) is 1. The van der Waals surface area contributed by atoms with Crippen molar-refractivity contribution < 1.29 is 22.4 Å². The van der Waals surface area contributed by atoms with Gasteiger partial charge in [0.15, 0.2) is 0 Å². The first kappa shape index (κ1) is 25.0. The second-order valence-electron chi connectivity index (χ2n) is 8.10. The highest BCUT2D eigenvalue weighted by Crippen LogP contribution is 2.24. The molecule has 2 aromatic carbocycles. The number of carbonyl (C=O) groups excluding carboxylic acids is 1. The lowest BCUT2D eigenvalue weighted by Crippen LogP contribution is -2.33. The van der Waals surface area contributed by atoms with Crippen molar-refractivity contribution in [1.29, 1.82) is 0 Å². The van der Waals surface area contributed by atoms with Gasteiger partial charge < -0.3 is 9.15 Å². The van der Waals surface area contributed by atoms with E-state index in [0.29, 0.717) is 40.3 Å². The lowest BCUT2D eigenvalue weighted by molar-refractivity contribution is 0.0500. The number of carbonyl (C=O) groups is 1. The number of esters is 1. The maximum Gasteiger partial charge on any atom is 0.338 e. The zero-order valence-corrected chi connectivity index (χ0v) is 20.4. The van der Waals surface area contributed by atoms with Crippen LogP contribution < -0.4 is 21.3 Å². The number of H-pyrrole nitrogens is 1. The molecule has 2 heterocycles. The van der Waals surface area contributed by atoms with E-state index in [1.807, 2.05) is 13.0 Å². The van der Waals surface area contributed by atoms with Crippen molar-refractivity contribution in [3.63, 3.8) is 0 Å². The number of benzene rings is 2. The monoisotopic (exact) mass is 507 g/mol. The number of primary sulfonamides is 1. The Morgan fingerprint density at radius 3 is 2.61 bits per heavy atom. The van der Waals surface area contributed by atoms with E-state index >= 15 is 0 Å². The highest BCUT2D eigenvalue weighted by molar-refractivity contribution is 7.89. The molecule has 3 N–H and O–H groups in total.